The van der Waals surface area contributed by atoms with E-state index in [1.54, 1.807) is 22.9 Å². The van der Waals surface area contributed by atoms with Crippen LogP contribution in [0.4, 0.5) is 0 Å². The summed E-state index contributed by atoms with van der Waals surface area (Å²) < 4.78 is 3.42. The first kappa shape index (κ1) is 17.9. The number of aromatic nitrogens is 4. The molecule has 8 nitrogen and oxygen atoms in total. The van der Waals surface area contributed by atoms with Crippen molar-refractivity contribution in [2.45, 2.75) is 25.9 Å². The fourth-order valence-electron chi connectivity index (χ4n) is 3.34. The van der Waals surface area contributed by atoms with Crippen LogP contribution < -0.4 is 5.56 Å². The number of piperazine rings is 1. The highest BCUT2D eigenvalue weighted by atomic mass is 32.1. The number of carbonyl (C=O) groups is 1. The maximum absolute atomic E-state index is 12.4. The van der Waals surface area contributed by atoms with E-state index in [9.17, 15) is 9.59 Å². The summed E-state index contributed by atoms with van der Waals surface area (Å²) in [7, 11) is 0. The molecule has 1 saturated heterocycles. The molecular formula is C18H22N6O2S. The van der Waals surface area contributed by atoms with Gasteiger partial charge in [0, 0.05) is 75.7 Å². The molecule has 9 heteroatoms. The molecule has 1 aliphatic rings. The Balaban J connectivity index is 1.25. The molecule has 3 aromatic rings. The third-order valence-corrected chi connectivity index (χ3v) is 5.56. The summed E-state index contributed by atoms with van der Waals surface area (Å²) in [6.45, 7) is 4.46. The van der Waals surface area contributed by atoms with E-state index in [0.29, 0.717) is 13.0 Å². The summed E-state index contributed by atoms with van der Waals surface area (Å²) >= 11 is 1.46. The average molecular weight is 386 g/mol. The molecule has 0 atom stereocenters. The van der Waals surface area contributed by atoms with Crippen LogP contribution in [0.25, 0.3) is 4.96 Å². The second kappa shape index (κ2) is 8.01. The Hall–Kier alpha value is -2.52. The van der Waals surface area contributed by atoms with Crippen LogP contribution in [0.2, 0.25) is 0 Å². The minimum absolute atomic E-state index is 0.0396. The molecule has 0 bridgehead atoms. The predicted octanol–water partition coefficient (Wildman–Crippen LogP) is 1.08. The van der Waals surface area contributed by atoms with Gasteiger partial charge in [-0.25, -0.2) is 4.98 Å². The van der Waals surface area contributed by atoms with Crippen LogP contribution in [-0.4, -0.2) is 61.1 Å². The topological polar surface area (TPSA) is 75.7 Å². The monoisotopic (exact) mass is 386 g/mol. The summed E-state index contributed by atoms with van der Waals surface area (Å²) in [5, 5.41) is 6.02. The molecule has 1 amide bonds. The molecule has 0 aliphatic carbocycles. The van der Waals surface area contributed by atoms with E-state index in [1.807, 2.05) is 27.2 Å². The van der Waals surface area contributed by atoms with Gasteiger partial charge in [-0.1, -0.05) is 0 Å². The SMILES string of the molecule is O=C(CCCn1cccn1)N1CCN(Cc2cc(=O)n3ccsc3n2)CC1. The third-order valence-electron chi connectivity index (χ3n) is 4.80. The quantitative estimate of drug-likeness (QED) is 0.634. The summed E-state index contributed by atoms with van der Waals surface area (Å²) in [4.78, 5) is 33.9. The van der Waals surface area contributed by atoms with Gasteiger partial charge in [-0.2, -0.15) is 5.10 Å². The fourth-order valence-corrected chi connectivity index (χ4v) is 4.08. The smallest absolute Gasteiger partial charge is 0.258 e. The molecular weight excluding hydrogens is 364 g/mol. The first-order valence-corrected chi connectivity index (χ1v) is 10.0. The van der Waals surface area contributed by atoms with E-state index in [4.69, 9.17) is 0 Å². The minimum atomic E-state index is -0.0396. The first-order valence-electron chi connectivity index (χ1n) is 9.12. The van der Waals surface area contributed by atoms with Crippen molar-refractivity contribution in [3.8, 4) is 0 Å². The molecule has 0 radical (unpaired) electrons. The highest BCUT2D eigenvalue weighted by molar-refractivity contribution is 7.15. The number of carbonyl (C=O) groups excluding carboxylic acids is 1. The van der Waals surface area contributed by atoms with Crippen LogP contribution in [0, 0.1) is 0 Å². The second-order valence-electron chi connectivity index (χ2n) is 6.67. The molecule has 27 heavy (non-hydrogen) atoms. The Kier molecular flexibility index (Phi) is 5.30. The van der Waals surface area contributed by atoms with Crippen molar-refractivity contribution < 1.29 is 4.79 Å². The van der Waals surface area contributed by atoms with Gasteiger partial charge in [0.15, 0.2) is 4.96 Å². The summed E-state index contributed by atoms with van der Waals surface area (Å²) in [5.74, 6) is 0.207. The van der Waals surface area contributed by atoms with E-state index in [2.05, 4.69) is 15.0 Å². The molecule has 142 valence electrons. The van der Waals surface area contributed by atoms with Crippen molar-refractivity contribution in [1.29, 1.82) is 0 Å². The van der Waals surface area contributed by atoms with Crippen molar-refractivity contribution in [3.63, 3.8) is 0 Å². The van der Waals surface area contributed by atoms with Crippen molar-refractivity contribution in [1.82, 2.24) is 29.0 Å². The van der Waals surface area contributed by atoms with Gasteiger partial charge in [-0.15, -0.1) is 11.3 Å². The number of amides is 1. The summed E-state index contributed by atoms with van der Waals surface area (Å²) in [5.41, 5.74) is 0.753. The average Bonchev–Trinajstić information content (AvgIpc) is 3.34. The van der Waals surface area contributed by atoms with Gasteiger partial charge in [0.2, 0.25) is 5.91 Å². The molecule has 4 rings (SSSR count). The molecule has 1 aliphatic heterocycles. The van der Waals surface area contributed by atoms with Crippen molar-refractivity contribution >= 4 is 22.2 Å². The fraction of sp³-hybridized carbons (Fsp3) is 0.444. The largest absolute Gasteiger partial charge is 0.340 e. The maximum atomic E-state index is 12.4. The lowest BCUT2D eigenvalue weighted by molar-refractivity contribution is -0.133. The molecule has 1 fully saturated rings. The van der Waals surface area contributed by atoms with E-state index in [0.717, 1.165) is 49.8 Å². The van der Waals surface area contributed by atoms with Crippen LogP contribution in [-0.2, 0) is 17.9 Å². The highest BCUT2D eigenvalue weighted by Crippen LogP contribution is 2.11. The first-order chi connectivity index (χ1) is 13.2. The normalized spacial score (nSPS) is 15.5. The van der Waals surface area contributed by atoms with E-state index in [-0.39, 0.29) is 11.5 Å². The van der Waals surface area contributed by atoms with Crippen LogP contribution in [0.15, 0.2) is 40.9 Å². The van der Waals surface area contributed by atoms with Crippen LogP contribution >= 0.6 is 11.3 Å². The number of rotatable bonds is 6. The van der Waals surface area contributed by atoms with Gasteiger partial charge in [0.1, 0.15) is 0 Å². The van der Waals surface area contributed by atoms with E-state index in [1.165, 1.54) is 11.3 Å². The van der Waals surface area contributed by atoms with Gasteiger partial charge in [-0.3, -0.25) is 23.6 Å². The lowest BCUT2D eigenvalue weighted by Gasteiger charge is -2.34. The summed E-state index contributed by atoms with van der Waals surface area (Å²) in [6, 6.07) is 3.49. The van der Waals surface area contributed by atoms with Crippen molar-refractivity contribution in [3.05, 3.63) is 52.2 Å². The zero-order valence-corrected chi connectivity index (χ0v) is 15.8. The lowest BCUT2D eigenvalue weighted by atomic mass is 10.2. The van der Waals surface area contributed by atoms with Crippen LogP contribution in [0.1, 0.15) is 18.5 Å². The van der Waals surface area contributed by atoms with E-state index < -0.39 is 0 Å². The Bertz CT molecular complexity index is 956. The highest BCUT2D eigenvalue weighted by Gasteiger charge is 2.21. The van der Waals surface area contributed by atoms with E-state index >= 15 is 0 Å². The number of thiazole rings is 1. The number of aryl methyl sites for hydroxylation is 1. The Labute approximate surface area is 160 Å². The van der Waals surface area contributed by atoms with Gasteiger partial charge in [-0.05, 0) is 12.5 Å². The van der Waals surface area contributed by atoms with Gasteiger partial charge >= 0.3 is 0 Å². The number of fused-ring (bicyclic) bond motifs is 1. The lowest BCUT2D eigenvalue weighted by Crippen LogP contribution is -2.48. The Morgan fingerprint density at radius 2 is 2.04 bits per heavy atom. The van der Waals surface area contributed by atoms with Crippen LogP contribution in [0.5, 0.6) is 0 Å². The minimum Gasteiger partial charge on any atom is -0.340 e. The van der Waals surface area contributed by atoms with Gasteiger partial charge in [0.05, 0.1) is 5.69 Å². The van der Waals surface area contributed by atoms with Crippen molar-refractivity contribution in [2.24, 2.45) is 0 Å². The summed E-state index contributed by atoms with van der Waals surface area (Å²) in [6.07, 6.45) is 6.76. The molecule has 0 unspecified atom stereocenters. The third kappa shape index (κ3) is 4.25. The zero-order valence-electron chi connectivity index (χ0n) is 15.0. The van der Waals surface area contributed by atoms with Crippen LogP contribution in [0.3, 0.4) is 0 Å². The Morgan fingerprint density at radius 1 is 1.19 bits per heavy atom. The number of hydrogen-bond acceptors (Lipinski definition) is 6. The molecule has 4 heterocycles. The molecule has 3 aromatic heterocycles. The molecule has 0 aromatic carbocycles. The maximum Gasteiger partial charge on any atom is 0.258 e. The van der Waals surface area contributed by atoms with Gasteiger partial charge < -0.3 is 4.90 Å². The second-order valence-corrected chi connectivity index (χ2v) is 7.54. The predicted molar refractivity (Wildman–Crippen MR) is 103 cm³/mol. The molecule has 0 spiro atoms. The number of nitrogens with zero attached hydrogens (tertiary/aromatic N) is 6. The zero-order chi connectivity index (χ0) is 18.6. The Morgan fingerprint density at radius 3 is 2.81 bits per heavy atom. The van der Waals surface area contributed by atoms with Crippen molar-refractivity contribution in [2.75, 3.05) is 26.2 Å². The van der Waals surface area contributed by atoms with Gasteiger partial charge in [0.25, 0.3) is 5.56 Å². The molecule has 0 saturated carbocycles. The molecule has 0 N–H and O–H groups in total. The number of hydrogen-bond donors (Lipinski definition) is 0. The standard InChI is InChI=1S/C18H22N6O2S/c25-16(3-1-5-23-6-2-4-19-23)22-9-7-21(8-10-22)14-15-13-17(26)24-11-12-27-18(24)20-15/h2,4,6,11-13H,1,3,5,7-10,14H2.